The molecule has 120 valence electrons. The van der Waals surface area contributed by atoms with Gasteiger partial charge in [-0.15, -0.1) is 11.3 Å². The van der Waals surface area contributed by atoms with E-state index in [1.54, 1.807) is 13.8 Å². The van der Waals surface area contributed by atoms with Gasteiger partial charge >= 0.3 is 0 Å². The number of carbonyl (C=O) groups excluding carboxylic acids is 1. The fraction of sp³-hybridized carbons (Fsp3) is 0.417. The number of hydrogen-bond donors (Lipinski definition) is 2. The third kappa shape index (κ3) is 3.34. The minimum absolute atomic E-state index is 0.135. The quantitative estimate of drug-likeness (QED) is 0.839. The van der Waals surface area contributed by atoms with Gasteiger partial charge in [-0.05, 0) is 27.0 Å². The van der Waals surface area contributed by atoms with E-state index in [1.807, 2.05) is 0 Å². The molecule has 0 spiro atoms. The Balaban J connectivity index is 2.31. The number of thiophene rings is 1. The second kappa shape index (κ2) is 5.78. The second-order valence-corrected chi connectivity index (χ2v) is 7.88. The molecule has 0 aliphatic rings. The summed E-state index contributed by atoms with van der Waals surface area (Å²) in [4.78, 5) is 16.1. The van der Waals surface area contributed by atoms with E-state index in [-0.39, 0.29) is 16.7 Å². The Labute approximate surface area is 132 Å². The summed E-state index contributed by atoms with van der Waals surface area (Å²) in [5, 5.41) is 8.05. The first-order valence-corrected chi connectivity index (χ1v) is 8.67. The van der Waals surface area contributed by atoms with E-state index >= 15 is 0 Å². The Morgan fingerprint density at radius 3 is 2.68 bits per heavy atom. The molecule has 10 heteroatoms. The van der Waals surface area contributed by atoms with E-state index in [0.29, 0.717) is 10.7 Å². The number of aromatic nitrogens is 2. The van der Waals surface area contributed by atoms with Gasteiger partial charge in [0.1, 0.15) is 0 Å². The van der Waals surface area contributed by atoms with Crippen molar-refractivity contribution in [2.75, 3.05) is 7.05 Å². The Morgan fingerprint density at radius 2 is 2.09 bits per heavy atom. The van der Waals surface area contributed by atoms with Crippen LogP contribution in [-0.2, 0) is 20.4 Å². The van der Waals surface area contributed by atoms with Crippen LogP contribution in [0.5, 0.6) is 0 Å². The summed E-state index contributed by atoms with van der Waals surface area (Å²) in [6.07, 6.45) is 0. The standard InChI is InChI=1S/C12H16N4O4S2/c1-7(17)15-12(2,3)11-14-10(20-16-11)9-5-8(6-21-9)22(18,19)13-4/h5-6,13H,1-4H3,(H,15,17). The van der Waals surface area contributed by atoms with Crippen molar-refractivity contribution in [3.63, 3.8) is 0 Å². The molecule has 0 radical (unpaired) electrons. The zero-order valence-electron chi connectivity index (χ0n) is 12.5. The fourth-order valence-corrected chi connectivity index (χ4v) is 3.69. The van der Waals surface area contributed by atoms with Gasteiger partial charge in [-0.2, -0.15) is 4.98 Å². The van der Waals surface area contributed by atoms with Crippen LogP contribution in [0.15, 0.2) is 20.9 Å². The second-order valence-electron chi connectivity index (χ2n) is 5.08. The van der Waals surface area contributed by atoms with Crippen molar-refractivity contribution in [2.24, 2.45) is 0 Å². The molecule has 0 atom stereocenters. The number of rotatable bonds is 5. The maximum absolute atomic E-state index is 11.7. The van der Waals surface area contributed by atoms with Crippen molar-refractivity contribution < 1.29 is 17.7 Å². The molecule has 2 heterocycles. The SMILES string of the molecule is CNS(=O)(=O)c1csc(-c2nc(C(C)(C)NC(C)=O)no2)c1. The van der Waals surface area contributed by atoms with Crippen molar-refractivity contribution in [3.05, 3.63) is 17.3 Å². The van der Waals surface area contributed by atoms with Crippen LogP contribution in [0.3, 0.4) is 0 Å². The molecule has 22 heavy (non-hydrogen) atoms. The van der Waals surface area contributed by atoms with Crippen LogP contribution in [0, 0.1) is 0 Å². The predicted molar refractivity (Wildman–Crippen MR) is 80.7 cm³/mol. The molecule has 0 aliphatic heterocycles. The lowest BCUT2D eigenvalue weighted by Gasteiger charge is -2.20. The van der Waals surface area contributed by atoms with Crippen molar-refractivity contribution >= 4 is 27.3 Å². The van der Waals surface area contributed by atoms with E-state index in [0.717, 1.165) is 0 Å². The topological polar surface area (TPSA) is 114 Å². The molecule has 2 aromatic rings. The Kier molecular flexibility index (Phi) is 4.36. The van der Waals surface area contributed by atoms with Crippen molar-refractivity contribution in [1.82, 2.24) is 20.2 Å². The molecule has 0 bridgehead atoms. The molecule has 0 saturated heterocycles. The predicted octanol–water partition coefficient (Wildman–Crippen LogP) is 1.08. The smallest absolute Gasteiger partial charge is 0.268 e. The van der Waals surface area contributed by atoms with Crippen molar-refractivity contribution in [1.29, 1.82) is 0 Å². The molecular formula is C12H16N4O4S2. The highest BCUT2D eigenvalue weighted by Gasteiger charge is 2.28. The van der Waals surface area contributed by atoms with Gasteiger partial charge in [-0.25, -0.2) is 13.1 Å². The average Bonchev–Trinajstić information content (AvgIpc) is 3.06. The molecule has 0 aliphatic carbocycles. The molecule has 0 unspecified atom stereocenters. The Hall–Kier alpha value is -1.78. The maximum atomic E-state index is 11.7. The third-order valence-electron chi connectivity index (χ3n) is 2.84. The van der Waals surface area contributed by atoms with E-state index in [1.165, 1.54) is 36.8 Å². The van der Waals surface area contributed by atoms with E-state index in [4.69, 9.17) is 4.52 Å². The summed E-state index contributed by atoms with van der Waals surface area (Å²) in [6, 6.07) is 1.46. The first-order valence-electron chi connectivity index (χ1n) is 6.31. The molecule has 2 rings (SSSR count). The first kappa shape index (κ1) is 16.6. The number of hydrogen-bond acceptors (Lipinski definition) is 7. The molecule has 0 fully saturated rings. The summed E-state index contributed by atoms with van der Waals surface area (Å²) in [5.41, 5.74) is -0.787. The van der Waals surface area contributed by atoms with Gasteiger partial charge < -0.3 is 9.84 Å². The third-order valence-corrected chi connectivity index (χ3v) is 5.30. The lowest BCUT2D eigenvalue weighted by atomic mass is 10.1. The van der Waals surface area contributed by atoms with Crippen LogP contribution in [0.25, 0.3) is 10.8 Å². The Bertz CT molecular complexity index is 792. The average molecular weight is 344 g/mol. The van der Waals surface area contributed by atoms with E-state index in [9.17, 15) is 13.2 Å². The van der Waals surface area contributed by atoms with Crippen LogP contribution in [0.1, 0.15) is 26.6 Å². The number of carbonyl (C=O) groups is 1. The molecule has 0 saturated carbocycles. The van der Waals surface area contributed by atoms with Crippen LogP contribution in [0.4, 0.5) is 0 Å². The van der Waals surface area contributed by atoms with Gasteiger partial charge in [-0.3, -0.25) is 4.79 Å². The number of sulfonamides is 1. The monoisotopic (exact) mass is 344 g/mol. The van der Waals surface area contributed by atoms with Crippen molar-refractivity contribution in [2.45, 2.75) is 31.2 Å². The van der Waals surface area contributed by atoms with Gasteiger partial charge in [0.2, 0.25) is 15.9 Å². The molecule has 2 N–H and O–H groups in total. The molecule has 8 nitrogen and oxygen atoms in total. The van der Waals surface area contributed by atoms with E-state index < -0.39 is 15.6 Å². The van der Waals surface area contributed by atoms with Crippen LogP contribution in [0.2, 0.25) is 0 Å². The van der Waals surface area contributed by atoms with Gasteiger partial charge in [-0.1, -0.05) is 5.16 Å². The van der Waals surface area contributed by atoms with Gasteiger partial charge in [0, 0.05) is 12.3 Å². The molecule has 2 aromatic heterocycles. The van der Waals surface area contributed by atoms with Crippen LogP contribution >= 0.6 is 11.3 Å². The van der Waals surface area contributed by atoms with Gasteiger partial charge in [0.15, 0.2) is 5.82 Å². The molecular weight excluding hydrogens is 328 g/mol. The highest BCUT2D eigenvalue weighted by atomic mass is 32.2. The normalized spacial score (nSPS) is 12.4. The summed E-state index contributed by atoms with van der Waals surface area (Å²) >= 11 is 1.18. The number of nitrogens with zero attached hydrogens (tertiary/aromatic N) is 2. The zero-order chi connectivity index (χ0) is 16.5. The highest BCUT2D eigenvalue weighted by molar-refractivity contribution is 7.89. The summed E-state index contributed by atoms with van der Waals surface area (Å²) in [7, 11) is -2.17. The van der Waals surface area contributed by atoms with Gasteiger partial charge in [0.25, 0.3) is 5.89 Å². The zero-order valence-corrected chi connectivity index (χ0v) is 14.1. The fourth-order valence-electron chi connectivity index (χ4n) is 1.76. The lowest BCUT2D eigenvalue weighted by Crippen LogP contribution is -2.40. The minimum atomic E-state index is -3.51. The van der Waals surface area contributed by atoms with Crippen LogP contribution < -0.4 is 10.0 Å². The summed E-state index contributed by atoms with van der Waals surface area (Å²) in [6.45, 7) is 4.89. The summed E-state index contributed by atoms with van der Waals surface area (Å²) < 4.78 is 30.8. The largest absolute Gasteiger partial charge is 0.344 e. The first-order chi connectivity index (χ1) is 10.2. The van der Waals surface area contributed by atoms with Gasteiger partial charge in [0.05, 0.1) is 15.3 Å². The highest BCUT2D eigenvalue weighted by Crippen LogP contribution is 2.29. The lowest BCUT2D eigenvalue weighted by molar-refractivity contribution is -0.120. The van der Waals surface area contributed by atoms with Crippen molar-refractivity contribution in [3.8, 4) is 10.8 Å². The molecule has 0 aromatic carbocycles. The molecule has 1 amide bonds. The minimum Gasteiger partial charge on any atom is -0.344 e. The van der Waals surface area contributed by atoms with Crippen LogP contribution in [-0.4, -0.2) is 31.5 Å². The Morgan fingerprint density at radius 1 is 1.41 bits per heavy atom. The van der Waals surface area contributed by atoms with E-state index in [2.05, 4.69) is 20.2 Å². The summed E-state index contributed by atoms with van der Waals surface area (Å²) in [5.74, 6) is 0.301. The maximum Gasteiger partial charge on any atom is 0.268 e. The number of amides is 1. The number of nitrogens with one attached hydrogen (secondary N) is 2.